The first-order valence-corrected chi connectivity index (χ1v) is 5.45. The monoisotopic (exact) mass is 214 g/mol. The molecule has 88 valence electrons. The van der Waals surface area contributed by atoms with Crippen LogP contribution in [0.3, 0.4) is 0 Å². The summed E-state index contributed by atoms with van der Waals surface area (Å²) in [5.41, 5.74) is 0. The number of likely N-dealkylation sites (N-methyl/N-ethyl adjacent to an activating group) is 1. The standard InChI is InChI=1S/C11H22N2O2/c1-5-7-13(8-10(14)6-2)9-11(15)12(3)4/h5-9H2,1-4H3. The van der Waals surface area contributed by atoms with Crippen molar-refractivity contribution in [3.63, 3.8) is 0 Å². The van der Waals surface area contributed by atoms with Crippen molar-refractivity contribution in [3.8, 4) is 0 Å². The number of nitrogens with zero attached hydrogens (tertiary/aromatic N) is 2. The third kappa shape index (κ3) is 6.23. The van der Waals surface area contributed by atoms with E-state index in [-0.39, 0.29) is 11.7 Å². The summed E-state index contributed by atoms with van der Waals surface area (Å²) in [6.07, 6.45) is 1.49. The summed E-state index contributed by atoms with van der Waals surface area (Å²) in [7, 11) is 3.46. The molecule has 0 heterocycles. The fraction of sp³-hybridized carbons (Fsp3) is 0.818. The summed E-state index contributed by atoms with van der Waals surface area (Å²) in [5.74, 6) is 0.238. The Hall–Kier alpha value is -0.900. The Labute approximate surface area is 92.2 Å². The van der Waals surface area contributed by atoms with Crippen molar-refractivity contribution >= 4 is 11.7 Å². The number of hydrogen-bond donors (Lipinski definition) is 0. The van der Waals surface area contributed by atoms with Crippen LogP contribution in [0.2, 0.25) is 0 Å². The van der Waals surface area contributed by atoms with Gasteiger partial charge in [-0.1, -0.05) is 13.8 Å². The van der Waals surface area contributed by atoms with Crippen molar-refractivity contribution in [3.05, 3.63) is 0 Å². The lowest BCUT2D eigenvalue weighted by molar-refractivity contribution is -0.130. The predicted octanol–water partition coefficient (Wildman–Crippen LogP) is 0.766. The van der Waals surface area contributed by atoms with Gasteiger partial charge in [0.05, 0.1) is 13.1 Å². The molecular weight excluding hydrogens is 192 g/mol. The molecule has 0 saturated carbocycles. The molecule has 0 unspecified atom stereocenters. The molecule has 0 atom stereocenters. The molecule has 15 heavy (non-hydrogen) atoms. The molecule has 0 fully saturated rings. The third-order valence-electron chi connectivity index (χ3n) is 2.19. The normalized spacial score (nSPS) is 10.5. The highest BCUT2D eigenvalue weighted by Crippen LogP contribution is 1.95. The Morgan fingerprint density at radius 1 is 1.07 bits per heavy atom. The highest BCUT2D eigenvalue weighted by Gasteiger charge is 2.13. The topological polar surface area (TPSA) is 40.6 Å². The zero-order chi connectivity index (χ0) is 11.8. The van der Waals surface area contributed by atoms with E-state index in [4.69, 9.17) is 0 Å². The van der Waals surface area contributed by atoms with Gasteiger partial charge in [0, 0.05) is 20.5 Å². The van der Waals surface area contributed by atoms with Gasteiger partial charge >= 0.3 is 0 Å². The molecule has 0 rings (SSSR count). The van der Waals surface area contributed by atoms with E-state index in [1.807, 2.05) is 18.7 Å². The molecule has 0 aliphatic heterocycles. The average Bonchev–Trinajstić information content (AvgIpc) is 2.17. The maximum absolute atomic E-state index is 11.5. The van der Waals surface area contributed by atoms with Gasteiger partial charge in [0.2, 0.25) is 5.91 Å². The van der Waals surface area contributed by atoms with Crippen LogP contribution in [0.1, 0.15) is 26.7 Å². The van der Waals surface area contributed by atoms with Gasteiger partial charge in [0.1, 0.15) is 5.78 Å². The lowest BCUT2D eigenvalue weighted by Gasteiger charge is -2.21. The van der Waals surface area contributed by atoms with Gasteiger partial charge in [-0.05, 0) is 13.0 Å². The van der Waals surface area contributed by atoms with Gasteiger partial charge < -0.3 is 4.90 Å². The molecule has 0 aromatic carbocycles. The second kappa shape index (κ2) is 7.40. The van der Waals surface area contributed by atoms with Crippen LogP contribution in [0.4, 0.5) is 0 Å². The minimum absolute atomic E-state index is 0.0485. The molecule has 4 nitrogen and oxygen atoms in total. The quantitative estimate of drug-likeness (QED) is 0.628. The van der Waals surface area contributed by atoms with Gasteiger partial charge in [-0.2, -0.15) is 0 Å². The van der Waals surface area contributed by atoms with Crippen molar-refractivity contribution in [1.82, 2.24) is 9.80 Å². The van der Waals surface area contributed by atoms with E-state index < -0.39 is 0 Å². The van der Waals surface area contributed by atoms with E-state index in [0.717, 1.165) is 13.0 Å². The minimum atomic E-state index is 0.0485. The Morgan fingerprint density at radius 3 is 2.07 bits per heavy atom. The van der Waals surface area contributed by atoms with Crippen LogP contribution in [-0.2, 0) is 9.59 Å². The fourth-order valence-corrected chi connectivity index (χ4v) is 1.22. The van der Waals surface area contributed by atoms with Crippen LogP contribution in [0, 0.1) is 0 Å². The van der Waals surface area contributed by atoms with E-state index in [0.29, 0.717) is 19.5 Å². The maximum Gasteiger partial charge on any atom is 0.236 e. The zero-order valence-corrected chi connectivity index (χ0v) is 10.2. The number of carbonyl (C=O) groups is 2. The Bertz CT molecular complexity index is 215. The number of amides is 1. The summed E-state index contributed by atoms with van der Waals surface area (Å²) in [6.45, 7) is 5.42. The molecule has 0 radical (unpaired) electrons. The number of carbonyl (C=O) groups excluding carboxylic acids is 2. The highest BCUT2D eigenvalue weighted by molar-refractivity contribution is 5.82. The van der Waals surface area contributed by atoms with Gasteiger partial charge in [-0.25, -0.2) is 0 Å². The molecule has 0 N–H and O–H groups in total. The average molecular weight is 214 g/mol. The van der Waals surface area contributed by atoms with E-state index in [1.165, 1.54) is 0 Å². The van der Waals surface area contributed by atoms with Crippen LogP contribution in [0.15, 0.2) is 0 Å². The van der Waals surface area contributed by atoms with Crippen LogP contribution in [0.25, 0.3) is 0 Å². The van der Waals surface area contributed by atoms with E-state index >= 15 is 0 Å². The van der Waals surface area contributed by atoms with Gasteiger partial charge in [0.15, 0.2) is 0 Å². The number of Topliss-reactive ketones (excluding diaryl/α,β-unsaturated/α-hetero) is 1. The molecule has 1 amide bonds. The van der Waals surface area contributed by atoms with Gasteiger partial charge in [0.25, 0.3) is 0 Å². The summed E-state index contributed by atoms with van der Waals surface area (Å²) in [4.78, 5) is 26.2. The van der Waals surface area contributed by atoms with E-state index in [9.17, 15) is 9.59 Å². The second-order valence-electron chi connectivity index (χ2n) is 3.89. The van der Waals surface area contributed by atoms with Crippen molar-refractivity contribution < 1.29 is 9.59 Å². The molecule has 0 aliphatic rings. The first-order valence-electron chi connectivity index (χ1n) is 5.45. The summed E-state index contributed by atoms with van der Waals surface area (Å²) < 4.78 is 0. The number of ketones is 1. The van der Waals surface area contributed by atoms with E-state index in [2.05, 4.69) is 0 Å². The fourth-order valence-electron chi connectivity index (χ4n) is 1.22. The maximum atomic E-state index is 11.5. The molecule has 0 aliphatic carbocycles. The molecule has 0 spiro atoms. The largest absolute Gasteiger partial charge is 0.348 e. The smallest absolute Gasteiger partial charge is 0.236 e. The van der Waals surface area contributed by atoms with Gasteiger partial charge in [-0.15, -0.1) is 0 Å². The van der Waals surface area contributed by atoms with Crippen molar-refractivity contribution in [1.29, 1.82) is 0 Å². The number of hydrogen-bond acceptors (Lipinski definition) is 3. The van der Waals surface area contributed by atoms with E-state index in [1.54, 1.807) is 19.0 Å². The van der Waals surface area contributed by atoms with Crippen molar-refractivity contribution in [2.24, 2.45) is 0 Å². The first-order chi connectivity index (χ1) is 7.01. The van der Waals surface area contributed by atoms with Crippen molar-refractivity contribution in [2.45, 2.75) is 26.7 Å². The molecular formula is C11H22N2O2. The SMILES string of the molecule is CCCN(CC(=O)CC)CC(=O)N(C)C. The predicted molar refractivity (Wildman–Crippen MR) is 60.7 cm³/mol. The first kappa shape index (κ1) is 14.1. The highest BCUT2D eigenvalue weighted by atomic mass is 16.2. The molecule has 0 saturated heterocycles. The summed E-state index contributed by atoms with van der Waals surface area (Å²) >= 11 is 0. The van der Waals surface area contributed by atoms with Gasteiger partial charge in [-0.3, -0.25) is 14.5 Å². The number of rotatable bonds is 7. The van der Waals surface area contributed by atoms with Crippen molar-refractivity contribution in [2.75, 3.05) is 33.7 Å². The zero-order valence-electron chi connectivity index (χ0n) is 10.2. The summed E-state index contributed by atoms with van der Waals surface area (Å²) in [5, 5.41) is 0. The lowest BCUT2D eigenvalue weighted by atomic mass is 10.2. The van der Waals surface area contributed by atoms with Crippen LogP contribution in [-0.4, -0.2) is 55.2 Å². The van der Waals surface area contributed by atoms with Crippen LogP contribution < -0.4 is 0 Å². The van der Waals surface area contributed by atoms with Crippen LogP contribution >= 0.6 is 0 Å². The third-order valence-corrected chi connectivity index (χ3v) is 2.19. The van der Waals surface area contributed by atoms with Crippen LogP contribution in [0.5, 0.6) is 0 Å². The molecule has 0 aromatic heterocycles. The molecule has 4 heteroatoms. The minimum Gasteiger partial charge on any atom is -0.348 e. The Balaban J connectivity index is 4.14. The second-order valence-corrected chi connectivity index (χ2v) is 3.89. The summed E-state index contributed by atoms with van der Waals surface area (Å²) in [6, 6.07) is 0. The Morgan fingerprint density at radius 2 is 1.67 bits per heavy atom. The molecule has 0 bridgehead atoms. The lowest BCUT2D eigenvalue weighted by Crippen LogP contribution is -2.39. The Kier molecular flexibility index (Phi) is 6.96. The molecule has 0 aromatic rings.